The van der Waals surface area contributed by atoms with E-state index in [2.05, 4.69) is 9.97 Å². The number of hydrogen-bond acceptors (Lipinski definition) is 5. The minimum absolute atomic E-state index is 0.197. The van der Waals surface area contributed by atoms with Crippen molar-refractivity contribution in [2.24, 2.45) is 5.84 Å². The summed E-state index contributed by atoms with van der Waals surface area (Å²) in [5.41, 5.74) is 2.41. The van der Waals surface area contributed by atoms with Crippen LogP contribution >= 0.6 is 0 Å². The molecular weight excluding hydrogens is 230 g/mol. The molecule has 0 aliphatic rings. The van der Waals surface area contributed by atoms with Crippen LogP contribution in [0.1, 0.15) is 11.1 Å². The molecular formula is C12H15N5O. The van der Waals surface area contributed by atoms with Gasteiger partial charge in [0.2, 0.25) is 5.95 Å². The van der Waals surface area contributed by atoms with Crippen molar-refractivity contribution in [3.05, 3.63) is 46.1 Å². The first kappa shape index (κ1) is 12.3. The standard InChI is InChI=1S/C12H15N5O/c1-8-5-4-6-9(2)10(8)17-7-14-11(16(3)13)15-12(17)18/h4-7H,13H2,1-3H3. The van der Waals surface area contributed by atoms with Crippen LogP contribution in [0.2, 0.25) is 0 Å². The van der Waals surface area contributed by atoms with Crippen LogP contribution in [-0.2, 0) is 0 Å². The maximum atomic E-state index is 12.0. The zero-order valence-corrected chi connectivity index (χ0v) is 10.6. The van der Waals surface area contributed by atoms with Crippen molar-refractivity contribution in [1.29, 1.82) is 0 Å². The first-order valence-corrected chi connectivity index (χ1v) is 5.51. The molecule has 2 N–H and O–H groups in total. The lowest BCUT2D eigenvalue weighted by atomic mass is 10.1. The fraction of sp³-hybridized carbons (Fsp3) is 0.250. The zero-order valence-electron chi connectivity index (χ0n) is 10.6. The van der Waals surface area contributed by atoms with Gasteiger partial charge in [-0.15, -0.1) is 0 Å². The number of aryl methyl sites for hydroxylation is 2. The van der Waals surface area contributed by atoms with Crippen LogP contribution in [0.4, 0.5) is 5.95 Å². The lowest BCUT2D eigenvalue weighted by Gasteiger charge is -2.13. The lowest BCUT2D eigenvalue weighted by Crippen LogP contribution is -2.32. The molecule has 0 saturated carbocycles. The molecule has 94 valence electrons. The van der Waals surface area contributed by atoms with Crippen LogP contribution < -0.4 is 16.5 Å². The normalized spacial score (nSPS) is 10.4. The maximum Gasteiger partial charge on any atom is 0.356 e. The van der Waals surface area contributed by atoms with Gasteiger partial charge in [-0.25, -0.2) is 15.6 Å². The van der Waals surface area contributed by atoms with E-state index in [1.165, 1.54) is 15.9 Å². The SMILES string of the molecule is Cc1cccc(C)c1-n1cnc(N(C)N)nc1=O. The molecule has 0 atom stereocenters. The van der Waals surface area contributed by atoms with Crippen molar-refractivity contribution < 1.29 is 0 Å². The number of para-hydroxylation sites is 1. The molecule has 0 radical (unpaired) electrons. The van der Waals surface area contributed by atoms with Gasteiger partial charge < -0.3 is 0 Å². The Morgan fingerprint density at radius 3 is 2.39 bits per heavy atom. The number of hydrazine groups is 1. The number of nitrogens with zero attached hydrogens (tertiary/aromatic N) is 4. The molecule has 1 aromatic carbocycles. The third-order valence-electron chi connectivity index (χ3n) is 2.69. The topological polar surface area (TPSA) is 77.0 Å². The third kappa shape index (κ3) is 2.10. The predicted molar refractivity (Wildman–Crippen MR) is 69.7 cm³/mol. The average molecular weight is 245 g/mol. The van der Waals surface area contributed by atoms with Crippen LogP contribution in [0.3, 0.4) is 0 Å². The fourth-order valence-electron chi connectivity index (χ4n) is 1.84. The zero-order chi connectivity index (χ0) is 13.3. The van der Waals surface area contributed by atoms with E-state index in [1.54, 1.807) is 7.05 Å². The van der Waals surface area contributed by atoms with E-state index in [4.69, 9.17) is 5.84 Å². The summed E-state index contributed by atoms with van der Waals surface area (Å²) in [4.78, 5) is 19.9. The van der Waals surface area contributed by atoms with E-state index in [1.807, 2.05) is 32.0 Å². The predicted octanol–water partition coefficient (Wildman–Crippen LogP) is 0.554. The van der Waals surface area contributed by atoms with Gasteiger partial charge in [-0.1, -0.05) is 18.2 Å². The summed E-state index contributed by atoms with van der Waals surface area (Å²) in [6.45, 7) is 3.88. The van der Waals surface area contributed by atoms with Crippen molar-refractivity contribution in [2.45, 2.75) is 13.8 Å². The summed E-state index contributed by atoms with van der Waals surface area (Å²) in [6.07, 6.45) is 1.45. The minimum atomic E-state index is -0.394. The molecule has 0 bridgehead atoms. The summed E-state index contributed by atoms with van der Waals surface area (Å²) in [5.74, 6) is 5.69. The van der Waals surface area contributed by atoms with Gasteiger partial charge in [-0.05, 0) is 25.0 Å². The van der Waals surface area contributed by atoms with E-state index in [0.29, 0.717) is 0 Å². The van der Waals surface area contributed by atoms with Crippen LogP contribution in [0.5, 0.6) is 0 Å². The number of anilines is 1. The third-order valence-corrected chi connectivity index (χ3v) is 2.69. The lowest BCUT2D eigenvalue weighted by molar-refractivity contribution is 0.812. The Kier molecular flexibility index (Phi) is 3.12. The molecule has 6 heteroatoms. The molecule has 0 aliphatic heterocycles. The van der Waals surface area contributed by atoms with Crippen molar-refractivity contribution in [3.63, 3.8) is 0 Å². The van der Waals surface area contributed by atoms with Gasteiger partial charge in [0.1, 0.15) is 6.33 Å². The van der Waals surface area contributed by atoms with E-state index in [9.17, 15) is 4.79 Å². The van der Waals surface area contributed by atoms with Crippen LogP contribution in [0.25, 0.3) is 5.69 Å². The summed E-state index contributed by atoms with van der Waals surface area (Å²) in [5, 5.41) is 1.20. The number of aromatic nitrogens is 3. The highest BCUT2D eigenvalue weighted by atomic mass is 16.1. The van der Waals surface area contributed by atoms with Crippen molar-refractivity contribution in [3.8, 4) is 5.69 Å². The molecule has 2 rings (SSSR count). The van der Waals surface area contributed by atoms with E-state index >= 15 is 0 Å². The quantitative estimate of drug-likeness (QED) is 0.617. The van der Waals surface area contributed by atoms with Crippen molar-refractivity contribution in [2.75, 3.05) is 12.1 Å². The first-order valence-electron chi connectivity index (χ1n) is 5.51. The van der Waals surface area contributed by atoms with Gasteiger partial charge in [0, 0.05) is 7.05 Å². The fourth-order valence-corrected chi connectivity index (χ4v) is 1.84. The number of hydrogen-bond donors (Lipinski definition) is 1. The molecule has 0 unspecified atom stereocenters. The van der Waals surface area contributed by atoms with Crippen LogP contribution in [0, 0.1) is 13.8 Å². The Morgan fingerprint density at radius 1 is 1.28 bits per heavy atom. The van der Waals surface area contributed by atoms with Gasteiger partial charge in [-0.2, -0.15) is 4.98 Å². The Balaban J connectivity index is 2.63. The molecule has 1 aromatic heterocycles. The monoisotopic (exact) mass is 245 g/mol. The Bertz CT molecular complexity index is 612. The average Bonchev–Trinajstić information content (AvgIpc) is 2.30. The van der Waals surface area contributed by atoms with E-state index in [-0.39, 0.29) is 5.95 Å². The summed E-state index contributed by atoms with van der Waals surface area (Å²) >= 11 is 0. The smallest absolute Gasteiger partial charge is 0.282 e. The van der Waals surface area contributed by atoms with Gasteiger partial charge in [0.25, 0.3) is 0 Å². The van der Waals surface area contributed by atoms with E-state index < -0.39 is 5.69 Å². The molecule has 0 saturated heterocycles. The number of benzene rings is 1. The summed E-state index contributed by atoms with van der Waals surface area (Å²) in [7, 11) is 1.58. The summed E-state index contributed by atoms with van der Waals surface area (Å²) in [6, 6.07) is 5.83. The highest BCUT2D eigenvalue weighted by Gasteiger charge is 2.09. The Morgan fingerprint density at radius 2 is 1.89 bits per heavy atom. The van der Waals surface area contributed by atoms with Gasteiger partial charge >= 0.3 is 5.69 Å². The molecule has 0 aliphatic carbocycles. The molecule has 0 spiro atoms. The molecule has 18 heavy (non-hydrogen) atoms. The highest BCUT2D eigenvalue weighted by molar-refractivity contribution is 5.46. The Hall–Kier alpha value is -2.21. The largest absolute Gasteiger partial charge is 0.356 e. The van der Waals surface area contributed by atoms with E-state index in [0.717, 1.165) is 16.8 Å². The molecule has 0 amide bonds. The highest BCUT2D eigenvalue weighted by Crippen LogP contribution is 2.16. The van der Waals surface area contributed by atoms with Gasteiger partial charge in [0.15, 0.2) is 0 Å². The van der Waals surface area contributed by atoms with Gasteiger partial charge in [-0.3, -0.25) is 9.58 Å². The van der Waals surface area contributed by atoms with Crippen LogP contribution in [0.15, 0.2) is 29.3 Å². The van der Waals surface area contributed by atoms with Crippen molar-refractivity contribution in [1.82, 2.24) is 14.5 Å². The van der Waals surface area contributed by atoms with Crippen molar-refractivity contribution >= 4 is 5.95 Å². The number of rotatable bonds is 2. The second-order valence-electron chi connectivity index (χ2n) is 4.16. The molecule has 1 heterocycles. The second kappa shape index (κ2) is 4.58. The van der Waals surface area contributed by atoms with Gasteiger partial charge in [0.05, 0.1) is 5.69 Å². The first-order chi connectivity index (χ1) is 8.50. The minimum Gasteiger partial charge on any atom is -0.282 e. The van der Waals surface area contributed by atoms with Crippen LogP contribution in [-0.4, -0.2) is 21.6 Å². The Labute approximate surface area is 105 Å². The second-order valence-corrected chi connectivity index (χ2v) is 4.16. The molecule has 2 aromatic rings. The molecule has 6 nitrogen and oxygen atoms in total. The number of nitrogens with two attached hydrogens (primary N) is 1. The molecule has 0 fully saturated rings. The maximum absolute atomic E-state index is 12.0. The summed E-state index contributed by atoms with van der Waals surface area (Å²) < 4.78 is 1.43.